The Labute approximate surface area is 91.9 Å². The summed E-state index contributed by atoms with van der Waals surface area (Å²) in [6, 6.07) is 0. The molecule has 0 saturated carbocycles. The molecule has 0 amide bonds. The molecular weight excluding hydrogens is 220 g/mol. The van der Waals surface area contributed by atoms with Crippen LogP contribution in [0.25, 0.3) is 0 Å². The van der Waals surface area contributed by atoms with Crippen molar-refractivity contribution in [1.29, 1.82) is 0 Å². The van der Waals surface area contributed by atoms with E-state index < -0.39 is 18.9 Å². The first-order chi connectivity index (χ1) is 7.32. The lowest BCUT2D eigenvalue weighted by Gasteiger charge is -2.14. The summed E-state index contributed by atoms with van der Waals surface area (Å²) in [6.07, 6.45) is -0.269. The molecule has 0 atom stereocenters. The summed E-state index contributed by atoms with van der Waals surface area (Å²) in [5.41, 5.74) is -0.362. The summed E-state index contributed by atoms with van der Waals surface area (Å²) >= 11 is 0. The summed E-state index contributed by atoms with van der Waals surface area (Å²) < 4.78 is 37.7. The number of hydrogen-bond acceptors (Lipinski definition) is 2. The second-order valence-electron chi connectivity index (χ2n) is 3.64. The van der Waals surface area contributed by atoms with Crippen LogP contribution in [0.15, 0.2) is 34.8 Å². The summed E-state index contributed by atoms with van der Waals surface area (Å²) in [4.78, 5) is 0. The quantitative estimate of drug-likeness (QED) is 0.680. The van der Waals surface area contributed by atoms with Gasteiger partial charge in [0.25, 0.3) is 0 Å². The standard InChI is InChI=1S/C10H12BF3O2/c1-7-3-2-4-8(11(15)16)5-6-9(7)10(12,13)14/h4-6,15-16H,2-3H2,1H3. The van der Waals surface area contributed by atoms with E-state index in [1.54, 1.807) is 0 Å². The molecule has 88 valence electrons. The highest BCUT2D eigenvalue weighted by Crippen LogP contribution is 2.32. The highest BCUT2D eigenvalue weighted by molar-refractivity contribution is 6.51. The van der Waals surface area contributed by atoms with E-state index in [-0.39, 0.29) is 17.5 Å². The Bertz CT molecular complexity index is 354. The first-order valence-electron chi connectivity index (χ1n) is 4.83. The van der Waals surface area contributed by atoms with Crippen LogP contribution in [0.2, 0.25) is 0 Å². The Morgan fingerprint density at radius 3 is 2.38 bits per heavy atom. The first-order valence-corrected chi connectivity index (χ1v) is 4.83. The van der Waals surface area contributed by atoms with Gasteiger partial charge in [-0.3, -0.25) is 0 Å². The number of allylic oxidation sites excluding steroid dienone is 6. The molecule has 6 heteroatoms. The SMILES string of the molecule is CC1=C(C(F)(F)F)C=CC(B(O)O)=CCC1. The van der Waals surface area contributed by atoms with Gasteiger partial charge >= 0.3 is 13.3 Å². The molecule has 0 aromatic carbocycles. The van der Waals surface area contributed by atoms with Crippen LogP contribution < -0.4 is 0 Å². The van der Waals surface area contributed by atoms with Crippen LogP contribution >= 0.6 is 0 Å². The molecule has 0 fully saturated rings. The summed E-state index contributed by atoms with van der Waals surface area (Å²) in [5.74, 6) is 0. The van der Waals surface area contributed by atoms with Gasteiger partial charge in [0, 0.05) is 0 Å². The first kappa shape index (κ1) is 13.1. The number of hydrogen-bond donors (Lipinski definition) is 2. The molecule has 0 bridgehead atoms. The minimum absolute atomic E-state index is 0.0919. The van der Waals surface area contributed by atoms with Gasteiger partial charge in [-0.1, -0.05) is 23.8 Å². The molecule has 0 aromatic rings. The summed E-state index contributed by atoms with van der Waals surface area (Å²) in [7, 11) is -1.73. The Balaban J connectivity index is 3.06. The van der Waals surface area contributed by atoms with Gasteiger partial charge in [-0.25, -0.2) is 0 Å². The maximum atomic E-state index is 12.6. The van der Waals surface area contributed by atoms with Gasteiger partial charge < -0.3 is 10.0 Å². The minimum atomic E-state index is -4.40. The van der Waals surface area contributed by atoms with Gasteiger partial charge in [-0.15, -0.1) is 0 Å². The van der Waals surface area contributed by atoms with E-state index in [0.717, 1.165) is 12.2 Å². The van der Waals surface area contributed by atoms with Crippen LogP contribution in [0, 0.1) is 0 Å². The minimum Gasteiger partial charge on any atom is -0.423 e. The Morgan fingerprint density at radius 1 is 1.25 bits per heavy atom. The van der Waals surface area contributed by atoms with Crippen molar-refractivity contribution in [1.82, 2.24) is 0 Å². The third kappa shape index (κ3) is 3.25. The molecule has 2 nitrogen and oxygen atoms in total. The highest BCUT2D eigenvalue weighted by Gasteiger charge is 2.33. The van der Waals surface area contributed by atoms with Crippen LogP contribution in [-0.4, -0.2) is 23.3 Å². The summed E-state index contributed by atoms with van der Waals surface area (Å²) in [6.45, 7) is 1.43. The maximum Gasteiger partial charge on any atom is 0.488 e. The smallest absolute Gasteiger partial charge is 0.423 e. The second-order valence-corrected chi connectivity index (χ2v) is 3.64. The zero-order chi connectivity index (χ0) is 12.3. The van der Waals surface area contributed by atoms with Gasteiger partial charge in [0.05, 0.1) is 5.57 Å². The summed E-state index contributed by atoms with van der Waals surface area (Å²) in [5, 5.41) is 17.8. The zero-order valence-electron chi connectivity index (χ0n) is 8.75. The maximum absolute atomic E-state index is 12.6. The molecular formula is C10H12BF3O2. The van der Waals surface area contributed by atoms with Crippen molar-refractivity contribution in [2.75, 3.05) is 0 Å². The average Bonchev–Trinajstić information content (AvgIpc) is 2.08. The van der Waals surface area contributed by atoms with Crippen molar-refractivity contribution >= 4 is 7.12 Å². The topological polar surface area (TPSA) is 40.5 Å². The molecule has 1 aliphatic rings. The van der Waals surface area contributed by atoms with E-state index in [2.05, 4.69) is 0 Å². The van der Waals surface area contributed by atoms with E-state index >= 15 is 0 Å². The largest absolute Gasteiger partial charge is 0.488 e. The number of rotatable bonds is 1. The molecule has 1 aliphatic carbocycles. The van der Waals surface area contributed by atoms with Crippen molar-refractivity contribution < 1.29 is 23.2 Å². The van der Waals surface area contributed by atoms with Gasteiger partial charge in [-0.2, -0.15) is 13.2 Å². The van der Waals surface area contributed by atoms with Crippen LogP contribution in [0.3, 0.4) is 0 Å². The van der Waals surface area contributed by atoms with Gasteiger partial charge in [0.1, 0.15) is 0 Å². The fourth-order valence-electron chi connectivity index (χ4n) is 1.51. The molecule has 2 N–H and O–H groups in total. The van der Waals surface area contributed by atoms with Crippen molar-refractivity contribution in [3.05, 3.63) is 34.8 Å². The fourth-order valence-corrected chi connectivity index (χ4v) is 1.51. The third-order valence-electron chi connectivity index (χ3n) is 2.41. The molecule has 0 aliphatic heterocycles. The molecule has 0 radical (unpaired) electrons. The van der Waals surface area contributed by atoms with Crippen LogP contribution in [0.4, 0.5) is 13.2 Å². The Hall–Kier alpha value is -1.01. The predicted octanol–water partition coefficient (Wildman–Crippen LogP) is 2.15. The van der Waals surface area contributed by atoms with Gasteiger partial charge in [0.2, 0.25) is 0 Å². The van der Waals surface area contributed by atoms with Gasteiger partial charge in [0.15, 0.2) is 0 Å². The molecule has 0 heterocycles. The molecule has 16 heavy (non-hydrogen) atoms. The van der Waals surface area contributed by atoms with Crippen LogP contribution in [0.5, 0.6) is 0 Å². The van der Waals surface area contributed by atoms with Crippen LogP contribution in [-0.2, 0) is 0 Å². The second kappa shape index (κ2) is 4.89. The molecule has 0 saturated heterocycles. The monoisotopic (exact) mass is 232 g/mol. The zero-order valence-corrected chi connectivity index (χ0v) is 8.75. The van der Waals surface area contributed by atoms with E-state index in [4.69, 9.17) is 10.0 Å². The average molecular weight is 232 g/mol. The fraction of sp³-hybridized carbons (Fsp3) is 0.400. The number of halogens is 3. The van der Waals surface area contributed by atoms with E-state index in [1.165, 1.54) is 13.0 Å². The predicted molar refractivity (Wildman–Crippen MR) is 55.4 cm³/mol. The lowest BCUT2D eigenvalue weighted by Crippen LogP contribution is -2.16. The Kier molecular flexibility index (Phi) is 3.99. The number of alkyl halides is 3. The van der Waals surface area contributed by atoms with Crippen molar-refractivity contribution in [2.24, 2.45) is 0 Å². The van der Waals surface area contributed by atoms with Crippen LogP contribution in [0.1, 0.15) is 19.8 Å². The normalized spacial score (nSPS) is 18.0. The van der Waals surface area contributed by atoms with Crippen molar-refractivity contribution in [3.8, 4) is 0 Å². The lowest BCUT2D eigenvalue weighted by atomic mass is 9.77. The van der Waals surface area contributed by atoms with Crippen molar-refractivity contribution in [3.63, 3.8) is 0 Å². The van der Waals surface area contributed by atoms with Crippen molar-refractivity contribution in [2.45, 2.75) is 25.9 Å². The third-order valence-corrected chi connectivity index (χ3v) is 2.41. The van der Waals surface area contributed by atoms with Gasteiger partial charge in [-0.05, 0) is 25.2 Å². The molecule has 0 unspecified atom stereocenters. The Morgan fingerprint density at radius 2 is 1.88 bits per heavy atom. The highest BCUT2D eigenvalue weighted by atomic mass is 19.4. The van der Waals surface area contributed by atoms with E-state index in [9.17, 15) is 13.2 Å². The molecule has 0 aromatic heterocycles. The molecule has 0 spiro atoms. The lowest BCUT2D eigenvalue weighted by molar-refractivity contribution is -0.0891. The molecule has 1 rings (SSSR count). The van der Waals surface area contributed by atoms with E-state index in [1.807, 2.05) is 0 Å². The van der Waals surface area contributed by atoms with E-state index in [0.29, 0.717) is 6.42 Å².